The van der Waals surface area contributed by atoms with Crippen LogP contribution in [0.3, 0.4) is 0 Å². The number of hydrogen-bond acceptors (Lipinski definition) is 3. The van der Waals surface area contributed by atoms with Crippen LogP contribution in [0.5, 0.6) is 0 Å². The molecule has 1 amide bonds. The number of carbonyl (C=O) groups excluding carboxylic acids is 1. The zero-order valence-electron chi connectivity index (χ0n) is 10.3. The molecule has 0 aliphatic rings. The second kappa shape index (κ2) is 6.00. The van der Waals surface area contributed by atoms with Crippen LogP contribution in [0.4, 0.5) is 0 Å². The van der Waals surface area contributed by atoms with Crippen molar-refractivity contribution in [3.05, 3.63) is 53.7 Å². The number of aryl methyl sites for hydroxylation is 1. The lowest BCUT2D eigenvalue weighted by molar-refractivity contribution is -0.120. The van der Waals surface area contributed by atoms with Crippen LogP contribution in [-0.2, 0) is 17.6 Å². The molecule has 0 saturated carbocycles. The predicted molar refractivity (Wildman–Crippen MR) is 68.1 cm³/mol. The molecule has 0 fully saturated rings. The Bertz CT molecular complexity index is 506. The van der Waals surface area contributed by atoms with Gasteiger partial charge in [0.15, 0.2) is 5.89 Å². The molecule has 18 heavy (non-hydrogen) atoms. The summed E-state index contributed by atoms with van der Waals surface area (Å²) in [5, 5.41) is 2.87. The van der Waals surface area contributed by atoms with Crippen molar-refractivity contribution in [3.8, 4) is 0 Å². The summed E-state index contributed by atoms with van der Waals surface area (Å²) >= 11 is 0. The Balaban J connectivity index is 1.72. The third-order valence-electron chi connectivity index (χ3n) is 2.58. The SMILES string of the molecule is Cc1nc(CCNC(=O)Cc2ccccc2)co1. The molecule has 0 saturated heterocycles. The van der Waals surface area contributed by atoms with Crippen LogP contribution in [0.2, 0.25) is 0 Å². The van der Waals surface area contributed by atoms with Crippen LogP contribution in [0.25, 0.3) is 0 Å². The summed E-state index contributed by atoms with van der Waals surface area (Å²) in [6, 6.07) is 9.69. The Kier molecular flexibility index (Phi) is 4.12. The first-order valence-electron chi connectivity index (χ1n) is 5.95. The van der Waals surface area contributed by atoms with Gasteiger partial charge in [0.2, 0.25) is 5.91 Å². The summed E-state index contributed by atoms with van der Waals surface area (Å²) in [5.41, 5.74) is 1.89. The molecule has 2 rings (SSSR count). The number of nitrogens with zero attached hydrogens (tertiary/aromatic N) is 1. The highest BCUT2D eigenvalue weighted by molar-refractivity contribution is 5.78. The normalized spacial score (nSPS) is 10.3. The molecule has 0 aliphatic carbocycles. The minimum Gasteiger partial charge on any atom is -0.449 e. The highest BCUT2D eigenvalue weighted by Gasteiger charge is 2.04. The third kappa shape index (κ3) is 3.73. The molecule has 1 N–H and O–H groups in total. The van der Waals surface area contributed by atoms with Crippen LogP contribution in [0.15, 0.2) is 41.0 Å². The standard InChI is InChI=1S/C14H16N2O2/c1-11-16-13(10-18-11)7-8-15-14(17)9-12-5-3-2-4-6-12/h2-6,10H,7-9H2,1H3,(H,15,17). The minimum absolute atomic E-state index is 0.0291. The lowest BCUT2D eigenvalue weighted by atomic mass is 10.1. The van der Waals surface area contributed by atoms with Gasteiger partial charge in [-0.05, 0) is 5.56 Å². The molecule has 1 aromatic heterocycles. The van der Waals surface area contributed by atoms with Gasteiger partial charge in [-0.2, -0.15) is 0 Å². The van der Waals surface area contributed by atoms with Crippen molar-refractivity contribution < 1.29 is 9.21 Å². The van der Waals surface area contributed by atoms with E-state index in [-0.39, 0.29) is 5.91 Å². The van der Waals surface area contributed by atoms with E-state index in [0.29, 0.717) is 25.3 Å². The molecule has 0 bridgehead atoms. The Morgan fingerprint density at radius 1 is 1.33 bits per heavy atom. The van der Waals surface area contributed by atoms with Gasteiger partial charge >= 0.3 is 0 Å². The lowest BCUT2D eigenvalue weighted by Gasteiger charge is -2.03. The fraction of sp³-hybridized carbons (Fsp3) is 0.286. The van der Waals surface area contributed by atoms with Crippen molar-refractivity contribution >= 4 is 5.91 Å². The van der Waals surface area contributed by atoms with E-state index in [1.54, 1.807) is 13.2 Å². The topological polar surface area (TPSA) is 55.1 Å². The van der Waals surface area contributed by atoms with Crippen molar-refractivity contribution in [1.82, 2.24) is 10.3 Å². The quantitative estimate of drug-likeness (QED) is 0.873. The molecular weight excluding hydrogens is 228 g/mol. The summed E-state index contributed by atoms with van der Waals surface area (Å²) in [5.74, 6) is 0.682. The number of aromatic nitrogens is 1. The van der Waals surface area contributed by atoms with Gasteiger partial charge in [0.25, 0.3) is 0 Å². The van der Waals surface area contributed by atoms with E-state index in [9.17, 15) is 4.79 Å². The van der Waals surface area contributed by atoms with Gasteiger partial charge in [-0.3, -0.25) is 4.79 Å². The molecule has 0 atom stereocenters. The van der Waals surface area contributed by atoms with Crippen molar-refractivity contribution in [2.75, 3.05) is 6.54 Å². The molecule has 4 heteroatoms. The van der Waals surface area contributed by atoms with Crippen LogP contribution in [0, 0.1) is 6.92 Å². The van der Waals surface area contributed by atoms with Gasteiger partial charge in [0.05, 0.1) is 12.1 Å². The van der Waals surface area contributed by atoms with Gasteiger partial charge < -0.3 is 9.73 Å². The van der Waals surface area contributed by atoms with Crippen molar-refractivity contribution in [1.29, 1.82) is 0 Å². The Morgan fingerprint density at radius 3 is 2.78 bits per heavy atom. The van der Waals surface area contributed by atoms with Crippen molar-refractivity contribution in [2.24, 2.45) is 0 Å². The average Bonchev–Trinajstić information content (AvgIpc) is 2.76. The van der Waals surface area contributed by atoms with Gasteiger partial charge in [-0.25, -0.2) is 4.98 Å². The second-order valence-corrected chi connectivity index (χ2v) is 4.12. The molecule has 0 radical (unpaired) electrons. The molecule has 0 spiro atoms. The van der Waals surface area contributed by atoms with E-state index >= 15 is 0 Å². The van der Waals surface area contributed by atoms with E-state index in [4.69, 9.17) is 4.42 Å². The van der Waals surface area contributed by atoms with Gasteiger partial charge in [-0.1, -0.05) is 30.3 Å². The molecule has 2 aromatic rings. The van der Waals surface area contributed by atoms with E-state index in [1.807, 2.05) is 30.3 Å². The fourth-order valence-corrected chi connectivity index (χ4v) is 1.70. The van der Waals surface area contributed by atoms with E-state index in [0.717, 1.165) is 11.3 Å². The largest absolute Gasteiger partial charge is 0.449 e. The summed E-state index contributed by atoms with van der Waals surface area (Å²) < 4.78 is 5.09. The maximum Gasteiger partial charge on any atom is 0.224 e. The van der Waals surface area contributed by atoms with Gasteiger partial charge in [-0.15, -0.1) is 0 Å². The predicted octanol–water partition coefficient (Wildman–Crippen LogP) is 1.88. The number of hydrogen-bond donors (Lipinski definition) is 1. The molecule has 94 valence electrons. The van der Waals surface area contributed by atoms with Gasteiger partial charge in [0.1, 0.15) is 6.26 Å². The second-order valence-electron chi connectivity index (χ2n) is 4.12. The zero-order chi connectivity index (χ0) is 12.8. The molecule has 1 aromatic carbocycles. The maximum atomic E-state index is 11.7. The number of rotatable bonds is 5. The number of oxazole rings is 1. The Morgan fingerprint density at radius 2 is 2.11 bits per heavy atom. The van der Waals surface area contributed by atoms with Crippen LogP contribution in [0.1, 0.15) is 17.1 Å². The molecule has 1 heterocycles. The number of carbonyl (C=O) groups is 1. The molecule has 0 aliphatic heterocycles. The minimum atomic E-state index is 0.0291. The van der Waals surface area contributed by atoms with E-state index in [2.05, 4.69) is 10.3 Å². The monoisotopic (exact) mass is 244 g/mol. The Labute approximate surface area is 106 Å². The van der Waals surface area contributed by atoms with Crippen molar-refractivity contribution in [2.45, 2.75) is 19.8 Å². The number of amides is 1. The van der Waals surface area contributed by atoms with Crippen LogP contribution >= 0.6 is 0 Å². The first kappa shape index (κ1) is 12.4. The highest BCUT2D eigenvalue weighted by Crippen LogP contribution is 2.01. The number of nitrogens with one attached hydrogen (secondary N) is 1. The Hall–Kier alpha value is -2.10. The fourth-order valence-electron chi connectivity index (χ4n) is 1.70. The smallest absolute Gasteiger partial charge is 0.224 e. The maximum absolute atomic E-state index is 11.7. The van der Waals surface area contributed by atoms with E-state index in [1.165, 1.54) is 0 Å². The molecular formula is C14H16N2O2. The third-order valence-corrected chi connectivity index (χ3v) is 2.58. The highest BCUT2D eigenvalue weighted by atomic mass is 16.3. The summed E-state index contributed by atoms with van der Waals surface area (Å²) in [7, 11) is 0. The first-order chi connectivity index (χ1) is 8.74. The number of benzene rings is 1. The first-order valence-corrected chi connectivity index (χ1v) is 5.95. The summed E-state index contributed by atoms with van der Waals surface area (Å²) in [4.78, 5) is 15.8. The van der Waals surface area contributed by atoms with Crippen LogP contribution < -0.4 is 5.32 Å². The lowest BCUT2D eigenvalue weighted by Crippen LogP contribution is -2.27. The van der Waals surface area contributed by atoms with Gasteiger partial charge in [0, 0.05) is 19.9 Å². The average molecular weight is 244 g/mol. The molecule has 0 unspecified atom stereocenters. The van der Waals surface area contributed by atoms with Crippen LogP contribution in [-0.4, -0.2) is 17.4 Å². The van der Waals surface area contributed by atoms with Crippen molar-refractivity contribution in [3.63, 3.8) is 0 Å². The summed E-state index contributed by atoms with van der Waals surface area (Å²) in [6.07, 6.45) is 2.73. The summed E-state index contributed by atoms with van der Waals surface area (Å²) in [6.45, 7) is 2.38. The molecule has 4 nitrogen and oxygen atoms in total. The van der Waals surface area contributed by atoms with E-state index < -0.39 is 0 Å². The zero-order valence-corrected chi connectivity index (χ0v) is 10.3.